The van der Waals surface area contributed by atoms with Gasteiger partial charge in [-0.05, 0) is 45.4 Å². The number of rotatable bonds is 7. The Labute approximate surface area is 109 Å². The second-order valence-electron chi connectivity index (χ2n) is 5.37. The summed E-state index contributed by atoms with van der Waals surface area (Å²) in [4.78, 5) is 0. The zero-order chi connectivity index (χ0) is 13.3. The number of hydrogen-bond donors (Lipinski definition) is 0. The van der Waals surface area contributed by atoms with Gasteiger partial charge in [0.25, 0.3) is 0 Å². The molecule has 17 heavy (non-hydrogen) atoms. The van der Waals surface area contributed by atoms with Gasteiger partial charge in [0.2, 0.25) is 0 Å². The number of allylic oxidation sites excluding steroid dienone is 6. The van der Waals surface area contributed by atoms with Crippen LogP contribution in [0, 0.1) is 11.8 Å². The summed E-state index contributed by atoms with van der Waals surface area (Å²) in [6.07, 6.45) is 12.9. The molecule has 0 heteroatoms. The van der Waals surface area contributed by atoms with E-state index in [9.17, 15) is 0 Å². The molecule has 0 aliphatic heterocycles. The van der Waals surface area contributed by atoms with Crippen molar-refractivity contribution in [3.63, 3.8) is 0 Å². The van der Waals surface area contributed by atoms with Crippen molar-refractivity contribution in [3.05, 3.63) is 35.5 Å². The first-order valence-corrected chi connectivity index (χ1v) is 6.98. The van der Waals surface area contributed by atoms with E-state index in [0.717, 1.165) is 5.92 Å². The lowest BCUT2D eigenvalue weighted by molar-refractivity contribution is 0.620. The molecule has 0 fully saturated rings. The van der Waals surface area contributed by atoms with E-state index in [-0.39, 0.29) is 0 Å². The highest BCUT2D eigenvalue weighted by molar-refractivity contribution is 5.17. The molecule has 2 atom stereocenters. The summed E-state index contributed by atoms with van der Waals surface area (Å²) < 4.78 is 0. The quantitative estimate of drug-likeness (QED) is 0.379. The van der Waals surface area contributed by atoms with Crippen LogP contribution in [-0.2, 0) is 0 Å². The van der Waals surface area contributed by atoms with Gasteiger partial charge in [-0.1, -0.05) is 62.6 Å². The molecule has 0 nitrogen and oxygen atoms in total. The maximum absolute atomic E-state index is 2.44. The lowest BCUT2D eigenvalue weighted by Crippen LogP contribution is -1.95. The Balaban J connectivity index is 4.28. The van der Waals surface area contributed by atoms with Gasteiger partial charge in [-0.15, -0.1) is 0 Å². The molecule has 2 unspecified atom stereocenters. The third-order valence-corrected chi connectivity index (χ3v) is 2.93. The van der Waals surface area contributed by atoms with Gasteiger partial charge in [0.1, 0.15) is 0 Å². The summed E-state index contributed by atoms with van der Waals surface area (Å²) in [5, 5.41) is 0. The molecule has 0 heterocycles. The van der Waals surface area contributed by atoms with Crippen molar-refractivity contribution in [1.82, 2.24) is 0 Å². The fourth-order valence-corrected chi connectivity index (χ4v) is 2.43. The molecule has 98 valence electrons. The maximum atomic E-state index is 2.44. The lowest BCUT2D eigenvalue weighted by Gasteiger charge is -2.10. The summed E-state index contributed by atoms with van der Waals surface area (Å²) in [5.41, 5.74) is 2.90. The predicted molar refractivity (Wildman–Crippen MR) is 80.2 cm³/mol. The predicted octanol–water partition coefficient (Wildman–Crippen LogP) is 5.92. The average molecular weight is 234 g/mol. The van der Waals surface area contributed by atoms with Gasteiger partial charge in [0.05, 0.1) is 0 Å². The van der Waals surface area contributed by atoms with Crippen LogP contribution in [0.1, 0.15) is 60.8 Å². The Morgan fingerprint density at radius 2 is 1.71 bits per heavy atom. The van der Waals surface area contributed by atoms with Crippen molar-refractivity contribution < 1.29 is 0 Å². The first kappa shape index (κ1) is 16.2. The fraction of sp³-hybridized carbons (Fsp3) is 0.647. The Hall–Kier alpha value is -0.780. The fourth-order valence-electron chi connectivity index (χ4n) is 2.43. The maximum Gasteiger partial charge on any atom is -0.0219 e. The van der Waals surface area contributed by atoms with E-state index < -0.39 is 0 Å². The van der Waals surface area contributed by atoms with Gasteiger partial charge >= 0.3 is 0 Å². The standard InChI is InChI=1S/C17H30/c1-7-9-14(3)11-16(5)13-17(6)12-15(4)10-8-2/h7,9,11-12,15-16H,8,10,13H2,1-6H3/b9-7+,14-11+,17-12+. The summed E-state index contributed by atoms with van der Waals surface area (Å²) in [7, 11) is 0. The highest BCUT2D eigenvalue weighted by atomic mass is 14.1. The second kappa shape index (κ2) is 9.27. The van der Waals surface area contributed by atoms with Crippen LogP contribution in [0.4, 0.5) is 0 Å². The number of hydrogen-bond acceptors (Lipinski definition) is 0. The van der Waals surface area contributed by atoms with Crippen LogP contribution in [0.2, 0.25) is 0 Å². The van der Waals surface area contributed by atoms with E-state index in [1.807, 2.05) is 0 Å². The summed E-state index contributed by atoms with van der Waals surface area (Å²) in [5.74, 6) is 1.36. The zero-order valence-corrected chi connectivity index (χ0v) is 12.6. The van der Waals surface area contributed by atoms with Crippen LogP contribution in [0.15, 0.2) is 35.5 Å². The first-order chi connectivity index (χ1) is 7.99. The molecule has 0 amide bonds. The zero-order valence-electron chi connectivity index (χ0n) is 12.6. The molecule has 0 aromatic heterocycles. The molecule has 0 N–H and O–H groups in total. The Bertz CT molecular complexity index is 278. The largest absolute Gasteiger partial charge is 0.0874 e. The normalized spacial score (nSPS) is 17.5. The third kappa shape index (κ3) is 8.97. The van der Waals surface area contributed by atoms with E-state index in [1.165, 1.54) is 30.4 Å². The van der Waals surface area contributed by atoms with Crippen molar-refractivity contribution in [2.45, 2.75) is 60.8 Å². The van der Waals surface area contributed by atoms with Crippen molar-refractivity contribution in [1.29, 1.82) is 0 Å². The van der Waals surface area contributed by atoms with Crippen molar-refractivity contribution in [3.8, 4) is 0 Å². The van der Waals surface area contributed by atoms with Crippen molar-refractivity contribution >= 4 is 0 Å². The van der Waals surface area contributed by atoms with E-state index in [0.29, 0.717) is 5.92 Å². The minimum atomic E-state index is 0.635. The van der Waals surface area contributed by atoms with E-state index >= 15 is 0 Å². The molecule has 0 aromatic carbocycles. The third-order valence-electron chi connectivity index (χ3n) is 2.93. The van der Waals surface area contributed by atoms with Gasteiger partial charge in [-0.25, -0.2) is 0 Å². The average Bonchev–Trinajstić information content (AvgIpc) is 2.16. The van der Waals surface area contributed by atoms with Gasteiger partial charge in [-0.2, -0.15) is 0 Å². The van der Waals surface area contributed by atoms with Crippen LogP contribution in [0.3, 0.4) is 0 Å². The Morgan fingerprint density at radius 1 is 1.06 bits per heavy atom. The second-order valence-corrected chi connectivity index (χ2v) is 5.37. The SMILES string of the molecule is C/C=C/C(C)=C/C(C)C/C(C)=C/C(C)CCC. The molecule has 0 aliphatic carbocycles. The molecule has 0 aliphatic rings. The molecule has 0 saturated heterocycles. The monoisotopic (exact) mass is 234 g/mol. The summed E-state index contributed by atoms with van der Waals surface area (Å²) in [6.45, 7) is 13.4. The highest BCUT2D eigenvalue weighted by Crippen LogP contribution is 2.18. The first-order valence-electron chi connectivity index (χ1n) is 6.98. The molecule has 0 saturated carbocycles. The molecule has 0 aromatic rings. The highest BCUT2D eigenvalue weighted by Gasteiger charge is 2.02. The molecule has 0 spiro atoms. The van der Waals surface area contributed by atoms with Gasteiger partial charge in [0, 0.05) is 0 Å². The van der Waals surface area contributed by atoms with E-state index in [1.54, 1.807) is 0 Å². The van der Waals surface area contributed by atoms with Crippen LogP contribution in [-0.4, -0.2) is 0 Å². The molecule has 0 rings (SSSR count). The van der Waals surface area contributed by atoms with Gasteiger partial charge in [0.15, 0.2) is 0 Å². The molecular weight excluding hydrogens is 204 g/mol. The van der Waals surface area contributed by atoms with Crippen LogP contribution < -0.4 is 0 Å². The van der Waals surface area contributed by atoms with Crippen molar-refractivity contribution in [2.75, 3.05) is 0 Å². The molecule has 0 bridgehead atoms. The minimum Gasteiger partial charge on any atom is -0.0874 e. The minimum absolute atomic E-state index is 0.635. The Morgan fingerprint density at radius 3 is 2.24 bits per heavy atom. The van der Waals surface area contributed by atoms with Crippen LogP contribution in [0.25, 0.3) is 0 Å². The summed E-state index contributed by atoms with van der Waals surface area (Å²) in [6, 6.07) is 0. The van der Waals surface area contributed by atoms with E-state index in [4.69, 9.17) is 0 Å². The van der Waals surface area contributed by atoms with E-state index in [2.05, 4.69) is 65.8 Å². The molecule has 0 radical (unpaired) electrons. The topological polar surface area (TPSA) is 0 Å². The lowest BCUT2D eigenvalue weighted by atomic mass is 9.95. The smallest absolute Gasteiger partial charge is 0.0219 e. The van der Waals surface area contributed by atoms with Crippen molar-refractivity contribution in [2.24, 2.45) is 11.8 Å². The van der Waals surface area contributed by atoms with Gasteiger partial charge < -0.3 is 0 Å². The van der Waals surface area contributed by atoms with Gasteiger partial charge in [-0.3, -0.25) is 0 Å². The van der Waals surface area contributed by atoms with Crippen LogP contribution >= 0.6 is 0 Å². The Kier molecular flexibility index (Phi) is 8.85. The van der Waals surface area contributed by atoms with Crippen LogP contribution in [0.5, 0.6) is 0 Å². The molecular formula is C17H30. The summed E-state index contributed by atoms with van der Waals surface area (Å²) >= 11 is 0.